The van der Waals surface area contributed by atoms with Crippen LogP contribution in [0.3, 0.4) is 0 Å². The van der Waals surface area contributed by atoms with Crippen LogP contribution in [0.2, 0.25) is 5.02 Å². The number of benzene rings is 1. The van der Waals surface area contributed by atoms with E-state index in [-0.39, 0.29) is 11.8 Å². The summed E-state index contributed by atoms with van der Waals surface area (Å²) in [4.78, 5) is 0. The van der Waals surface area contributed by atoms with E-state index < -0.39 is 0 Å². The van der Waals surface area contributed by atoms with Crippen LogP contribution in [-0.4, -0.2) is 20.9 Å². The van der Waals surface area contributed by atoms with Crippen LogP contribution >= 0.6 is 11.6 Å². The molecule has 2 aromatic rings. The van der Waals surface area contributed by atoms with Gasteiger partial charge in [-0.25, -0.2) is 0 Å². The van der Waals surface area contributed by atoms with Crippen molar-refractivity contribution in [2.75, 3.05) is 0 Å². The van der Waals surface area contributed by atoms with Gasteiger partial charge in [-0.2, -0.15) is 5.10 Å². The highest BCUT2D eigenvalue weighted by Crippen LogP contribution is 2.24. The number of halogens is 1. The molecule has 0 fully saturated rings. The third-order valence-corrected chi connectivity index (χ3v) is 3.10. The lowest BCUT2D eigenvalue weighted by Gasteiger charge is -2.15. The maximum absolute atomic E-state index is 9.72. The van der Waals surface area contributed by atoms with Crippen LogP contribution in [0, 0.1) is 0 Å². The molecule has 0 spiro atoms. The summed E-state index contributed by atoms with van der Waals surface area (Å²) in [7, 11) is 0. The molecular formula is C13H16ClN3O. The van der Waals surface area contributed by atoms with Crippen molar-refractivity contribution in [1.29, 1.82) is 0 Å². The summed E-state index contributed by atoms with van der Waals surface area (Å²) in [5.41, 5.74) is 0.728. The molecule has 0 amide bonds. The van der Waals surface area contributed by atoms with Crippen molar-refractivity contribution in [3.63, 3.8) is 0 Å². The molecule has 18 heavy (non-hydrogen) atoms. The van der Waals surface area contributed by atoms with E-state index >= 15 is 0 Å². The quantitative estimate of drug-likeness (QED) is 0.873. The van der Waals surface area contributed by atoms with Crippen LogP contribution in [-0.2, 0) is 13.1 Å². The van der Waals surface area contributed by atoms with Crippen molar-refractivity contribution < 1.29 is 5.11 Å². The zero-order valence-corrected chi connectivity index (χ0v) is 10.9. The molecule has 0 aliphatic heterocycles. The fraction of sp³-hybridized carbons (Fsp3) is 0.308. The zero-order valence-electron chi connectivity index (χ0n) is 10.2. The monoisotopic (exact) mass is 265 g/mol. The number of nitrogens with zero attached hydrogens (tertiary/aromatic N) is 2. The number of hydrogen-bond donors (Lipinski definition) is 2. The summed E-state index contributed by atoms with van der Waals surface area (Å²) in [6.45, 7) is 3.38. The number of phenols is 1. The van der Waals surface area contributed by atoms with Crippen molar-refractivity contribution in [3.05, 3.63) is 47.2 Å². The van der Waals surface area contributed by atoms with Gasteiger partial charge in [0, 0.05) is 35.6 Å². The lowest BCUT2D eigenvalue weighted by atomic mass is 10.2. The molecule has 5 heteroatoms. The van der Waals surface area contributed by atoms with Crippen molar-refractivity contribution in [3.8, 4) is 5.75 Å². The molecule has 1 atom stereocenters. The first-order valence-electron chi connectivity index (χ1n) is 5.84. The number of aromatic nitrogens is 2. The summed E-state index contributed by atoms with van der Waals surface area (Å²) in [5.74, 6) is 0.223. The van der Waals surface area contributed by atoms with Crippen LogP contribution in [0.4, 0.5) is 0 Å². The van der Waals surface area contributed by atoms with Crippen molar-refractivity contribution in [2.45, 2.75) is 26.1 Å². The Kier molecular flexibility index (Phi) is 4.23. The minimum atomic E-state index is 0.223. The summed E-state index contributed by atoms with van der Waals surface area (Å²) >= 11 is 6.04. The second-order valence-corrected chi connectivity index (χ2v) is 4.65. The molecule has 4 nitrogen and oxygen atoms in total. The molecule has 96 valence electrons. The van der Waals surface area contributed by atoms with Gasteiger partial charge in [0.2, 0.25) is 0 Å². The third kappa shape index (κ3) is 3.24. The van der Waals surface area contributed by atoms with E-state index in [0.29, 0.717) is 11.6 Å². The fourth-order valence-corrected chi connectivity index (χ4v) is 1.99. The molecule has 1 unspecified atom stereocenters. The van der Waals surface area contributed by atoms with Gasteiger partial charge in [0.05, 0.1) is 6.54 Å². The average molecular weight is 266 g/mol. The molecular weight excluding hydrogens is 250 g/mol. The highest BCUT2D eigenvalue weighted by atomic mass is 35.5. The Morgan fingerprint density at radius 1 is 1.44 bits per heavy atom. The first kappa shape index (κ1) is 12.9. The lowest BCUT2D eigenvalue weighted by Crippen LogP contribution is -2.30. The van der Waals surface area contributed by atoms with E-state index in [0.717, 1.165) is 12.1 Å². The van der Waals surface area contributed by atoms with Crippen molar-refractivity contribution in [1.82, 2.24) is 15.1 Å². The van der Waals surface area contributed by atoms with Crippen molar-refractivity contribution in [2.24, 2.45) is 0 Å². The van der Waals surface area contributed by atoms with Crippen LogP contribution in [0.5, 0.6) is 5.75 Å². The van der Waals surface area contributed by atoms with E-state index in [1.807, 2.05) is 16.9 Å². The normalized spacial score (nSPS) is 12.6. The predicted molar refractivity (Wildman–Crippen MR) is 71.6 cm³/mol. The second-order valence-electron chi connectivity index (χ2n) is 4.25. The second kappa shape index (κ2) is 5.89. The topological polar surface area (TPSA) is 50.1 Å². The van der Waals surface area contributed by atoms with Gasteiger partial charge >= 0.3 is 0 Å². The smallest absolute Gasteiger partial charge is 0.121 e. The van der Waals surface area contributed by atoms with Gasteiger partial charge in [-0.3, -0.25) is 4.68 Å². The molecule has 2 N–H and O–H groups in total. The Balaban J connectivity index is 1.91. The number of hydrogen-bond acceptors (Lipinski definition) is 3. The maximum atomic E-state index is 9.72. The Labute approximate surface area is 111 Å². The van der Waals surface area contributed by atoms with E-state index in [1.54, 1.807) is 24.4 Å². The summed E-state index contributed by atoms with van der Waals surface area (Å²) in [6, 6.07) is 7.28. The first-order chi connectivity index (χ1) is 8.66. The minimum absolute atomic E-state index is 0.223. The average Bonchev–Trinajstić information content (AvgIpc) is 2.81. The van der Waals surface area contributed by atoms with Crippen LogP contribution in [0.1, 0.15) is 12.5 Å². The summed E-state index contributed by atoms with van der Waals surface area (Å²) in [6.07, 6.45) is 3.68. The largest absolute Gasteiger partial charge is 0.508 e. The van der Waals surface area contributed by atoms with Crippen LogP contribution < -0.4 is 5.32 Å². The molecule has 1 aromatic carbocycles. The van der Waals surface area contributed by atoms with Gasteiger partial charge in [-0.15, -0.1) is 0 Å². The number of aromatic hydroxyl groups is 1. The Morgan fingerprint density at radius 3 is 2.94 bits per heavy atom. The van der Waals surface area contributed by atoms with E-state index in [9.17, 15) is 5.11 Å². The highest BCUT2D eigenvalue weighted by Gasteiger charge is 2.08. The van der Waals surface area contributed by atoms with Crippen molar-refractivity contribution >= 4 is 11.6 Å². The third-order valence-electron chi connectivity index (χ3n) is 2.74. The molecule has 0 saturated heterocycles. The molecule has 0 radical (unpaired) electrons. The standard InChI is InChI=1S/C13H16ClN3O/c1-10(9-17-7-3-6-16-17)15-8-11-12(14)4-2-5-13(11)18/h2-7,10,15,18H,8-9H2,1H3. The van der Waals surface area contributed by atoms with Gasteiger partial charge in [0.25, 0.3) is 0 Å². The highest BCUT2D eigenvalue weighted by molar-refractivity contribution is 6.31. The maximum Gasteiger partial charge on any atom is 0.121 e. The minimum Gasteiger partial charge on any atom is -0.508 e. The number of nitrogens with one attached hydrogen (secondary N) is 1. The Morgan fingerprint density at radius 2 is 2.28 bits per heavy atom. The predicted octanol–water partition coefficient (Wildman–Crippen LogP) is 2.42. The Hall–Kier alpha value is -1.52. The molecule has 0 aliphatic rings. The van der Waals surface area contributed by atoms with Crippen LogP contribution in [0.25, 0.3) is 0 Å². The zero-order chi connectivity index (χ0) is 13.0. The Bertz CT molecular complexity index is 479. The summed E-state index contributed by atoms with van der Waals surface area (Å²) < 4.78 is 1.87. The molecule has 0 bridgehead atoms. The molecule has 1 aromatic heterocycles. The van der Waals surface area contributed by atoms with E-state index in [1.165, 1.54) is 0 Å². The molecule has 1 heterocycles. The number of phenolic OH excluding ortho intramolecular Hbond substituents is 1. The first-order valence-corrected chi connectivity index (χ1v) is 6.22. The molecule has 0 saturated carbocycles. The van der Waals surface area contributed by atoms with Gasteiger partial charge in [0.1, 0.15) is 5.75 Å². The number of rotatable bonds is 5. The van der Waals surface area contributed by atoms with Gasteiger partial charge in [-0.05, 0) is 25.1 Å². The molecule has 2 rings (SSSR count). The van der Waals surface area contributed by atoms with Gasteiger partial charge in [0.15, 0.2) is 0 Å². The summed E-state index contributed by atoms with van der Waals surface area (Å²) in [5, 5.41) is 17.8. The van der Waals surface area contributed by atoms with E-state index in [4.69, 9.17) is 11.6 Å². The lowest BCUT2D eigenvalue weighted by molar-refractivity contribution is 0.434. The van der Waals surface area contributed by atoms with E-state index in [2.05, 4.69) is 17.3 Å². The van der Waals surface area contributed by atoms with Crippen LogP contribution in [0.15, 0.2) is 36.7 Å². The molecule has 0 aliphatic carbocycles. The SMILES string of the molecule is CC(Cn1cccn1)NCc1c(O)cccc1Cl. The van der Waals surface area contributed by atoms with Gasteiger partial charge < -0.3 is 10.4 Å². The van der Waals surface area contributed by atoms with Gasteiger partial charge in [-0.1, -0.05) is 17.7 Å². The fourth-order valence-electron chi connectivity index (χ4n) is 1.75.